The third-order valence-electron chi connectivity index (χ3n) is 6.15. The maximum absolute atomic E-state index is 14.2. The number of hydrogen-bond acceptors (Lipinski definition) is 3. The zero-order valence-electron chi connectivity index (χ0n) is 16.9. The molecule has 1 saturated heterocycles. The summed E-state index contributed by atoms with van der Waals surface area (Å²) >= 11 is 0. The van der Waals surface area contributed by atoms with Crippen molar-refractivity contribution in [2.45, 2.75) is 52.0 Å². The van der Waals surface area contributed by atoms with E-state index in [0.717, 1.165) is 61.4 Å². The van der Waals surface area contributed by atoms with Gasteiger partial charge in [-0.3, -0.25) is 4.98 Å². The quantitative estimate of drug-likeness (QED) is 0.784. The number of allylic oxidation sites excluding steroid dienone is 2. The van der Waals surface area contributed by atoms with E-state index >= 15 is 0 Å². The number of anilines is 1. The highest BCUT2D eigenvalue weighted by Crippen LogP contribution is 2.41. The predicted octanol–water partition coefficient (Wildman–Crippen LogP) is 5.33. The van der Waals surface area contributed by atoms with Crippen LogP contribution in [0.1, 0.15) is 50.2 Å². The van der Waals surface area contributed by atoms with E-state index in [0.29, 0.717) is 0 Å². The maximum Gasteiger partial charge on any atom is 0.124 e. The highest BCUT2D eigenvalue weighted by Gasteiger charge is 2.25. The Labute approximate surface area is 167 Å². The van der Waals surface area contributed by atoms with Crippen molar-refractivity contribution < 1.29 is 4.39 Å². The molecule has 0 spiro atoms. The minimum atomic E-state index is -0.197. The van der Waals surface area contributed by atoms with Crippen molar-refractivity contribution in [1.29, 1.82) is 0 Å². The van der Waals surface area contributed by atoms with Crippen molar-refractivity contribution in [3.63, 3.8) is 0 Å². The molecular weight excluding hydrogens is 349 g/mol. The zero-order chi connectivity index (χ0) is 19.7. The van der Waals surface area contributed by atoms with Crippen LogP contribution in [0.25, 0.3) is 16.7 Å². The fourth-order valence-corrected chi connectivity index (χ4v) is 4.47. The number of halogens is 1. The number of aryl methyl sites for hydroxylation is 1. The van der Waals surface area contributed by atoms with Crippen molar-refractivity contribution in [2.75, 3.05) is 18.0 Å². The number of aromatic nitrogens is 1. The number of nitrogens with zero attached hydrogens (tertiary/aromatic N) is 2. The largest absolute Gasteiger partial charge is 0.370 e. The third-order valence-corrected chi connectivity index (χ3v) is 6.15. The van der Waals surface area contributed by atoms with Crippen molar-refractivity contribution in [2.24, 2.45) is 11.7 Å². The van der Waals surface area contributed by atoms with Crippen LogP contribution in [-0.4, -0.2) is 24.1 Å². The molecule has 4 rings (SSSR count). The first-order chi connectivity index (χ1) is 13.5. The smallest absolute Gasteiger partial charge is 0.124 e. The van der Waals surface area contributed by atoms with Crippen LogP contribution in [0.4, 0.5) is 10.1 Å². The van der Waals surface area contributed by atoms with Gasteiger partial charge < -0.3 is 10.6 Å². The van der Waals surface area contributed by atoms with Crippen LogP contribution in [0.15, 0.2) is 36.7 Å². The summed E-state index contributed by atoms with van der Waals surface area (Å²) in [4.78, 5) is 7.01. The number of benzene rings is 1. The molecule has 2 N–H and O–H groups in total. The molecule has 0 saturated carbocycles. The lowest BCUT2D eigenvalue weighted by Crippen LogP contribution is -2.40. The molecule has 1 aliphatic heterocycles. The van der Waals surface area contributed by atoms with Crippen LogP contribution in [-0.2, 0) is 0 Å². The first-order valence-corrected chi connectivity index (χ1v) is 10.5. The van der Waals surface area contributed by atoms with Gasteiger partial charge in [0.2, 0.25) is 0 Å². The van der Waals surface area contributed by atoms with Gasteiger partial charge in [-0.05, 0) is 73.8 Å². The molecule has 1 aromatic heterocycles. The Bertz CT molecular complexity index is 861. The van der Waals surface area contributed by atoms with Gasteiger partial charge in [0.15, 0.2) is 0 Å². The molecule has 0 radical (unpaired) electrons. The summed E-state index contributed by atoms with van der Waals surface area (Å²) in [5, 5.41) is 0. The van der Waals surface area contributed by atoms with Crippen LogP contribution >= 0.6 is 0 Å². The van der Waals surface area contributed by atoms with Gasteiger partial charge in [-0.2, -0.15) is 0 Å². The van der Waals surface area contributed by atoms with E-state index < -0.39 is 0 Å². The maximum atomic E-state index is 14.2. The van der Waals surface area contributed by atoms with Crippen LogP contribution in [0.2, 0.25) is 0 Å². The van der Waals surface area contributed by atoms with Gasteiger partial charge in [0.25, 0.3) is 0 Å². The van der Waals surface area contributed by atoms with E-state index in [2.05, 4.69) is 29.0 Å². The molecule has 0 amide bonds. The first kappa shape index (κ1) is 19.1. The highest BCUT2D eigenvalue weighted by molar-refractivity contribution is 5.88. The van der Waals surface area contributed by atoms with Crippen LogP contribution < -0.4 is 10.6 Å². The van der Waals surface area contributed by atoms with Gasteiger partial charge >= 0.3 is 0 Å². The van der Waals surface area contributed by atoms with E-state index in [1.54, 1.807) is 12.1 Å². The second kappa shape index (κ2) is 8.04. The van der Waals surface area contributed by atoms with Gasteiger partial charge in [0, 0.05) is 42.7 Å². The Morgan fingerprint density at radius 2 is 1.82 bits per heavy atom. The van der Waals surface area contributed by atoms with Crippen LogP contribution in [0.3, 0.4) is 0 Å². The summed E-state index contributed by atoms with van der Waals surface area (Å²) in [6, 6.07) is 5.53. The Hall–Kier alpha value is -2.20. The summed E-state index contributed by atoms with van der Waals surface area (Å²) in [6.45, 7) is 6.12. The van der Waals surface area contributed by atoms with E-state index in [-0.39, 0.29) is 11.9 Å². The molecule has 1 fully saturated rings. The van der Waals surface area contributed by atoms with Crippen LogP contribution in [0.5, 0.6) is 0 Å². The van der Waals surface area contributed by atoms with Crippen LogP contribution in [0, 0.1) is 18.7 Å². The number of nitrogens with two attached hydrogens (primary N) is 1. The van der Waals surface area contributed by atoms with Gasteiger partial charge in [-0.1, -0.05) is 19.1 Å². The summed E-state index contributed by atoms with van der Waals surface area (Å²) in [5.41, 5.74) is 12.8. The lowest BCUT2D eigenvalue weighted by Gasteiger charge is -2.35. The molecule has 0 bridgehead atoms. The molecule has 28 heavy (non-hydrogen) atoms. The number of pyridine rings is 1. The van der Waals surface area contributed by atoms with E-state index in [1.165, 1.54) is 23.2 Å². The molecule has 3 nitrogen and oxygen atoms in total. The number of hydrogen-bond donors (Lipinski definition) is 1. The molecular formula is C24H30FN3. The zero-order valence-corrected chi connectivity index (χ0v) is 16.9. The molecule has 1 aliphatic carbocycles. The standard InChI is InChI=1S/C24H30FN3/c1-16-3-5-18(6-4-16)22-14-27-15-23(19-11-17(2)12-20(25)13-19)24(22)28-9-7-21(26)8-10-28/h5,11-16,21H,3-4,6-10,26H2,1-2H3. The Balaban J connectivity index is 1.84. The lowest BCUT2D eigenvalue weighted by atomic mass is 9.86. The molecule has 1 aromatic carbocycles. The van der Waals surface area contributed by atoms with Gasteiger partial charge in [-0.25, -0.2) is 4.39 Å². The fourth-order valence-electron chi connectivity index (χ4n) is 4.47. The Morgan fingerprint density at radius 1 is 1.07 bits per heavy atom. The normalized spacial score (nSPS) is 20.9. The molecule has 2 aliphatic rings. The first-order valence-electron chi connectivity index (χ1n) is 10.5. The molecule has 1 unspecified atom stereocenters. The molecule has 148 valence electrons. The van der Waals surface area contributed by atoms with Gasteiger partial charge in [0.1, 0.15) is 5.82 Å². The predicted molar refractivity (Wildman–Crippen MR) is 115 cm³/mol. The number of rotatable bonds is 3. The van der Waals surface area contributed by atoms with Crippen molar-refractivity contribution in [3.05, 3.63) is 53.6 Å². The van der Waals surface area contributed by atoms with Crippen molar-refractivity contribution in [1.82, 2.24) is 4.98 Å². The summed E-state index contributed by atoms with van der Waals surface area (Å²) in [5.74, 6) is 0.542. The van der Waals surface area contributed by atoms with E-state index in [1.807, 2.05) is 19.3 Å². The molecule has 2 heterocycles. The summed E-state index contributed by atoms with van der Waals surface area (Å²) in [7, 11) is 0. The second-order valence-corrected chi connectivity index (χ2v) is 8.53. The fraction of sp³-hybridized carbons (Fsp3) is 0.458. The highest BCUT2D eigenvalue weighted by atomic mass is 19.1. The van der Waals surface area contributed by atoms with Gasteiger partial charge in [0.05, 0.1) is 5.69 Å². The summed E-state index contributed by atoms with van der Waals surface area (Å²) in [6.07, 6.45) is 11.6. The topological polar surface area (TPSA) is 42.2 Å². The van der Waals surface area contributed by atoms with E-state index in [4.69, 9.17) is 5.73 Å². The SMILES string of the molecule is Cc1cc(F)cc(-c2cncc(C3=CCC(C)CC3)c2N2CCC(N)CC2)c1. The van der Waals surface area contributed by atoms with Crippen molar-refractivity contribution in [3.8, 4) is 11.1 Å². The Morgan fingerprint density at radius 3 is 2.50 bits per heavy atom. The average molecular weight is 380 g/mol. The summed E-state index contributed by atoms with van der Waals surface area (Å²) < 4.78 is 14.2. The van der Waals surface area contributed by atoms with E-state index in [9.17, 15) is 4.39 Å². The number of piperidine rings is 1. The Kier molecular flexibility index (Phi) is 5.49. The average Bonchev–Trinajstić information content (AvgIpc) is 2.68. The minimum Gasteiger partial charge on any atom is -0.370 e. The minimum absolute atomic E-state index is 0.197. The molecule has 1 atom stereocenters. The molecule has 4 heteroatoms. The van der Waals surface area contributed by atoms with Crippen molar-refractivity contribution >= 4 is 11.3 Å². The third kappa shape index (κ3) is 3.97. The van der Waals surface area contributed by atoms with Gasteiger partial charge in [-0.15, -0.1) is 0 Å². The monoisotopic (exact) mass is 379 g/mol. The lowest BCUT2D eigenvalue weighted by molar-refractivity contribution is 0.501. The second-order valence-electron chi connectivity index (χ2n) is 8.53. The molecule has 2 aromatic rings.